The van der Waals surface area contributed by atoms with E-state index in [0.717, 1.165) is 32.1 Å². The van der Waals surface area contributed by atoms with Crippen LogP contribution in [0.4, 0.5) is 0 Å². The van der Waals surface area contributed by atoms with Crippen molar-refractivity contribution in [3.05, 3.63) is 51.7 Å². The van der Waals surface area contributed by atoms with Crippen LogP contribution in [0.15, 0.2) is 40.6 Å². The van der Waals surface area contributed by atoms with Crippen LogP contribution in [0.5, 0.6) is 5.75 Å². The molecule has 0 fully saturated rings. The quantitative estimate of drug-likeness (QED) is 0.563. The highest BCUT2D eigenvalue weighted by Gasteiger charge is 2.48. The molecule has 0 spiro atoms. The van der Waals surface area contributed by atoms with Crippen LogP contribution in [-0.4, -0.2) is 19.0 Å². The van der Waals surface area contributed by atoms with Gasteiger partial charge in [-0.2, -0.15) is 0 Å². The summed E-state index contributed by atoms with van der Waals surface area (Å²) in [5.41, 5.74) is 1.84. The Labute approximate surface area is 178 Å². The minimum atomic E-state index is -0.389. The second-order valence-corrected chi connectivity index (χ2v) is 8.90. The van der Waals surface area contributed by atoms with Crippen LogP contribution in [-0.2, 0) is 19.1 Å². The van der Waals surface area contributed by atoms with E-state index in [1.807, 2.05) is 24.3 Å². The van der Waals surface area contributed by atoms with Crippen molar-refractivity contribution in [2.75, 3.05) is 7.11 Å². The summed E-state index contributed by atoms with van der Waals surface area (Å²) >= 11 is 3.71. The van der Waals surface area contributed by atoms with Crippen LogP contribution in [0.25, 0.3) is 10.8 Å². The van der Waals surface area contributed by atoms with Crippen molar-refractivity contribution in [1.82, 2.24) is 0 Å². The zero-order chi connectivity index (χ0) is 20.9. The number of methoxy groups -OCH3 is 1. The summed E-state index contributed by atoms with van der Waals surface area (Å²) in [5.74, 6) is 0.925. The van der Waals surface area contributed by atoms with E-state index in [2.05, 4.69) is 28.9 Å². The predicted octanol–water partition coefficient (Wildman–Crippen LogP) is 5.56. The van der Waals surface area contributed by atoms with E-state index in [1.165, 1.54) is 13.8 Å². The maximum Gasteiger partial charge on any atom is 0.307 e. The van der Waals surface area contributed by atoms with Gasteiger partial charge in [-0.1, -0.05) is 22.9 Å². The molecule has 0 N–H and O–H groups in total. The maximum atomic E-state index is 11.9. The fourth-order valence-corrected chi connectivity index (χ4v) is 5.46. The minimum Gasteiger partial charge on any atom is -0.497 e. The Morgan fingerprint density at radius 1 is 1.14 bits per heavy atom. The molecule has 2 aromatic rings. The largest absolute Gasteiger partial charge is 0.497 e. The summed E-state index contributed by atoms with van der Waals surface area (Å²) in [6, 6.07) is 8.04. The fraction of sp³-hybridized carbons (Fsp3) is 0.391. The monoisotopic (exact) mass is 458 g/mol. The molecule has 2 aromatic carbocycles. The van der Waals surface area contributed by atoms with Gasteiger partial charge in [0, 0.05) is 41.6 Å². The lowest BCUT2D eigenvalue weighted by atomic mass is 9.65. The molecule has 4 rings (SSSR count). The Balaban J connectivity index is 1.94. The van der Waals surface area contributed by atoms with Gasteiger partial charge in [0.05, 0.1) is 7.11 Å². The highest BCUT2D eigenvalue weighted by molar-refractivity contribution is 9.10. The molecule has 3 atom stereocenters. The summed E-state index contributed by atoms with van der Waals surface area (Å²) in [7, 11) is 1.64. The van der Waals surface area contributed by atoms with Gasteiger partial charge < -0.3 is 14.2 Å². The third-order valence-corrected chi connectivity index (χ3v) is 6.62. The van der Waals surface area contributed by atoms with Gasteiger partial charge in [-0.25, -0.2) is 0 Å². The average Bonchev–Trinajstić information content (AvgIpc) is 2.95. The molecular weight excluding hydrogens is 436 g/mol. The molecule has 0 aromatic heterocycles. The van der Waals surface area contributed by atoms with Gasteiger partial charge in [-0.15, -0.1) is 0 Å². The van der Waals surface area contributed by atoms with Crippen molar-refractivity contribution in [1.29, 1.82) is 0 Å². The Hall–Kier alpha value is -2.34. The summed E-state index contributed by atoms with van der Waals surface area (Å²) < 4.78 is 17.7. The van der Waals surface area contributed by atoms with Crippen LogP contribution in [0.2, 0.25) is 0 Å². The molecule has 2 aliphatic rings. The first-order valence-corrected chi connectivity index (χ1v) is 10.4. The van der Waals surface area contributed by atoms with Gasteiger partial charge in [0.2, 0.25) is 0 Å². The number of ether oxygens (including phenoxy) is 3. The predicted molar refractivity (Wildman–Crippen MR) is 113 cm³/mol. The molecule has 0 amide bonds. The summed E-state index contributed by atoms with van der Waals surface area (Å²) in [5, 5.41) is 2.04. The second-order valence-electron chi connectivity index (χ2n) is 8.04. The van der Waals surface area contributed by atoms with Gasteiger partial charge in [-0.05, 0) is 53.1 Å². The number of esters is 2. The molecule has 0 radical (unpaired) electrons. The lowest BCUT2D eigenvalue weighted by Crippen LogP contribution is -2.31. The fourth-order valence-electron chi connectivity index (χ4n) is 4.86. The molecule has 152 valence electrons. The Kier molecular flexibility index (Phi) is 4.93. The van der Waals surface area contributed by atoms with Gasteiger partial charge in [0.25, 0.3) is 0 Å². The Morgan fingerprint density at radius 3 is 2.55 bits per heavy atom. The first-order valence-electron chi connectivity index (χ1n) is 9.59. The van der Waals surface area contributed by atoms with Crippen LogP contribution < -0.4 is 4.74 Å². The minimum absolute atomic E-state index is 0.130. The standard InChI is InChI=1S/C23H23BrO5/c1-12(25)28-15-8-19-18-9-20(24)16-6-5-14(27-4)7-17(16)22(18)21(29-13(2)26)11-23(19,3)10-15/h5-7,9-10,19,21H,8,11H2,1-4H3/t19-,21+,23-/m0/s1. The molecule has 0 aliphatic heterocycles. The first-order chi connectivity index (χ1) is 13.7. The van der Waals surface area contributed by atoms with Crippen molar-refractivity contribution in [2.45, 2.75) is 45.6 Å². The maximum absolute atomic E-state index is 11.9. The van der Waals surface area contributed by atoms with E-state index >= 15 is 0 Å². The lowest BCUT2D eigenvalue weighted by Gasteiger charge is -2.41. The zero-order valence-corrected chi connectivity index (χ0v) is 18.5. The average molecular weight is 459 g/mol. The van der Waals surface area contributed by atoms with E-state index in [1.54, 1.807) is 7.11 Å². The first kappa shape index (κ1) is 20.0. The highest BCUT2D eigenvalue weighted by atomic mass is 79.9. The number of benzene rings is 2. The number of carbonyl (C=O) groups is 2. The van der Waals surface area contributed by atoms with Crippen molar-refractivity contribution in [2.24, 2.45) is 5.41 Å². The number of allylic oxidation sites excluding steroid dienone is 2. The van der Waals surface area contributed by atoms with E-state index in [0.29, 0.717) is 18.6 Å². The SMILES string of the molecule is COc1ccc2c(Br)cc3c(c2c1)[C@H](OC(C)=O)C[C@]1(C)C=C(OC(C)=O)C[C@@H]31. The molecule has 0 unspecified atom stereocenters. The van der Waals surface area contributed by atoms with Gasteiger partial charge >= 0.3 is 11.9 Å². The molecule has 0 bridgehead atoms. The third-order valence-electron chi connectivity index (χ3n) is 5.97. The summed E-state index contributed by atoms with van der Waals surface area (Å²) in [4.78, 5) is 23.4. The molecule has 0 heterocycles. The van der Waals surface area contributed by atoms with Crippen molar-refractivity contribution < 1.29 is 23.8 Å². The Bertz CT molecular complexity index is 1060. The molecular formula is C23H23BrO5. The second kappa shape index (κ2) is 7.17. The highest BCUT2D eigenvalue weighted by Crippen LogP contribution is 2.59. The van der Waals surface area contributed by atoms with E-state index in [-0.39, 0.29) is 29.4 Å². The Morgan fingerprint density at radius 2 is 1.90 bits per heavy atom. The molecule has 6 heteroatoms. The van der Waals surface area contributed by atoms with Gasteiger partial charge in [0.1, 0.15) is 17.6 Å². The molecule has 0 saturated carbocycles. The van der Waals surface area contributed by atoms with Gasteiger partial charge in [0.15, 0.2) is 0 Å². The number of hydrogen-bond donors (Lipinski definition) is 0. The molecule has 0 saturated heterocycles. The van der Waals surface area contributed by atoms with E-state index in [4.69, 9.17) is 14.2 Å². The molecule has 2 aliphatic carbocycles. The van der Waals surface area contributed by atoms with Crippen molar-refractivity contribution >= 4 is 38.6 Å². The van der Waals surface area contributed by atoms with E-state index < -0.39 is 0 Å². The van der Waals surface area contributed by atoms with Crippen molar-refractivity contribution in [3.8, 4) is 5.75 Å². The number of fused-ring (bicyclic) bond motifs is 5. The zero-order valence-electron chi connectivity index (χ0n) is 16.9. The number of hydrogen-bond acceptors (Lipinski definition) is 5. The van der Waals surface area contributed by atoms with Crippen LogP contribution in [0.3, 0.4) is 0 Å². The normalized spacial score (nSPS) is 25.1. The summed E-state index contributed by atoms with van der Waals surface area (Å²) in [6.45, 7) is 4.99. The molecule has 29 heavy (non-hydrogen) atoms. The number of carbonyl (C=O) groups excluding carboxylic acids is 2. The number of halogens is 1. The molecule has 5 nitrogen and oxygen atoms in total. The number of rotatable bonds is 3. The lowest BCUT2D eigenvalue weighted by molar-refractivity contribution is -0.148. The van der Waals surface area contributed by atoms with Crippen LogP contribution in [0, 0.1) is 5.41 Å². The van der Waals surface area contributed by atoms with E-state index in [9.17, 15) is 9.59 Å². The van der Waals surface area contributed by atoms with Crippen molar-refractivity contribution in [3.63, 3.8) is 0 Å². The smallest absolute Gasteiger partial charge is 0.307 e. The third kappa shape index (κ3) is 3.44. The van der Waals surface area contributed by atoms with Gasteiger partial charge in [-0.3, -0.25) is 9.59 Å². The topological polar surface area (TPSA) is 61.8 Å². The van der Waals surface area contributed by atoms with Crippen LogP contribution >= 0.6 is 15.9 Å². The van der Waals surface area contributed by atoms with Crippen LogP contribution in [0.1, 0.15) is 56.8 Å². The summed E-state index contributed by atoms with van der Waals surface area (Å²) in [6.07, 6.45) is 2.91.